The molecular formula is C12H23NO2. The van der Waals surface area contributed by atoms with E-state index in [1.54, 1.807) is 0 Å². The quantitative estimate of drug-likeness (QED) is 0.775. The van der Waals surface area contributed by atoms with Gasteiger partial charge < -0.3 is 10.1 Å². The summed E-state index contributed by atoms with van der Waals surface area (Å²) < 4.78 is 5.34. The van der Waals surface area contributed by atoms with Crippen LogP contribution in [-0.4, -0.2) is 24.7 Å². The number of carbonyl (C=O) groups is 1. The van der Waals surface area contributed by atoms with Crippen LogP contribution in [-0.2, 0) is 9.53 Å². The van der Waals surface area contributed by atoms with Gasteiger partial charge in [0.05, 0.1) is 0 Å². The molecule has 1 aliphatic rings. The Morgan fingerprint density at radius 3 is 2.47 bits per heavy atom. The normalized spacial score (nSPS) is 25.3. The van der Waals surface area contributed by atoms with Gasteiger partial charge in [-0.15, -0.1) is 0 Å². The van der Waals surface area contributed by atoms with Gasteiger partial charge in [-0.05, 0) is 31.6 Å². The molecule has 1 amide bonds. The average Bonchev–Trinajstić information content (AvgIpc) is 2.68. The summed E-state index contributed by atoms with van der Waals surface area (Å²) in [6.45, 7) is 9.33. The van der Waals surface area contributed by atoms with Crippen LogP contribution in [0.15, 0.2) is 0 Å². The molecule has 0 aromatic carbocycles. The number of hydrogen-bond acceptors (Lipinski definition) is 2. The van der Waals surface area contributed by atoms with E-state index in [4.69, 9.17) is 4.74 Å². The first kappa shape index (κ1) is 12.5. The lowest BCUT2D eigenvalue weighted by Crippen LogP contribution is -2.43. The largest absolute Gasteiger partial charge is 0.368 e. The zero-order chi connectivity index (χ0) is 11.4. The minimum atomic E-state index is -0.202. The Labute approximate surface area is 92.6 Å². The van der Waals surface area contributed by atoms with Gasteiger partial charge in [-0.1, -0.05) is 20.8 Å². The highest BCUT2D eigenvalue weighted by Crippen LogP contribution is 2.16. The number of nitrogens with one attached hydrogen (secondary N) is 1. The van der Waals surface area contributed by atoms with Crippen molar-refractivity contribution < 1.29 is 9.53 Å². The van der Waals surface area contributed by atoms with Gasteiger partial charge in [0.25, 0.3) is 0 Å². The lowest BCUT2D eigenvalue weighted by molar-refractivity contribution is -0.131. The predicted octanol–water partition coefficient (Wildman–Crippen LogP) is 1.96. The monoisotopic (exact) mass is 213 g/mol. The number of ether oxygens (including phenoxy) is 1. The van der Waals surface area contributed by atoms with Gasteiger partial charge in [-0.25, -0.2) is 0 Å². The van der Waals surface area contributed by atoms with Crippen LogP contribution in [0.4, 0.5) is 0 Å². The van der Waals surface area contributed by atoms with Crippen molar-refractivity contribution in [1.82, 2.24) is 5.32 Å². The molecule has 0 aliphatic carbocycles. The SMILES string of the molecule is CC(C)C(C)C(C)NC(=O)C1CCCO1. The Balaban J connectivity index is 2.36. The molecule has 88 valence electrons. The summed E-state index contributed by atoms with van der Waals surface area (Å²) in [5.74, 6) is 1.15. The van der Waals surface area contributed by atoms with Gasteiger partial charge in [0.2, 0.25) is 5.91 Å². The summed E-state index contributed by atoms with van der Waals surface area (Å²) in [7, 11) is 0. The van der Waals surface area contributed by atoms with Crippen molar-refractivity contribution in [3.05, 3.63) is 0 Å². The maximum atomic E-state index is 11.7. The van der Waals surface area contributed by atoms with Crippen molar-refractivity contribution in [2.75, 3.05) is 6.61 Å². The van der Waals surface area contributed by atoms with Gasteiger partial charge in [-0.2, -0.15) is 0 Å². The number of amides is 1. The Kier molecular flexibility index (Phi) is 4.58. The summed E-state index contributed by atoms with van der Waals surface area (Å²) in [6, 6.07) is 0.224. The van der Waals surface area contributed by atoms with Crippen LogP contribution < -0.4 is 5.32 Å². The highest BCUT2D eigenvalue weighted by molar-refractivity contribution is 5.81. The molecule has 1 N–H and O–H groups in total. The first-order valence-electron chi connectivity index (χ1n) is 5.94. The molecule has 0 aromatic rings. The third-order valence-electron chi connectivity index (χ3n) is 3.43. The fourth-order valence-electron chi connectivity index (χ4n) is 1.81. The maximum absolute atomic E-state index is 11.7. The minimum absolute atomic E-state index is 0.0625. The van der Waals surface area contributed by atoms with Crippen molar-refractivity contribution in [1.29, 1.82) is 0 Å². The minimum Gasteiger partial charge on any atom is -0.368 e. The van der Waals surface area contributed by atoms with Crippen molar-refractivity contribution in [2.24, 2.45) is 11.8 Å². The van der Waals surface area contributed by atoms with Crippen LogP contribution in [0.3, 0.4) is 0 Å². The molecule has 0 saturated carbocycles. The van der Waals surface area contributed by atoms with E-state index in [0.29, 0.717) is 11.8 Å². The van der Waals surface area contributed by atoms with Crippen LogP contribution in [0.2, 0.25) is 0 Å². The molecule has 0 bridgehead atoms. The average molecular weight is 213 g/mol. The topological polar surface area (TPSA) is 38.3 Å². The molecule has 3 nitrogen and oxygen atoms in total. The van der Waals surface area contributed by atoms with Crippen LogP contribution in [0, 0.1) is 11.8 Å². The zero-order valence-corrected chi connectivity index (χ0v) is 10.2. The molecule has 3 heteroatoms. The Morgan fingerprint density at radius 2 is 2.00 bits per heavy atom. The summed E-state index contributed by atoms with van der Waals surface area (Å²) in [5.41, 5.74) is 0. The molecule has 1 heterocycles. The standard InChI is InChI=1S/C12H23NO2/c1-8(2)9(3)10(4)13-12(14)11-6-5-7-15-11/h8-11H,5-7H2,1-4H3,(H,13,14). The maximum Gasteiger partial charge on any atom is 0.249 e. The number of hydrogen-bond donors (Lipinski definition) is 1. The predicted molar refractivity (Wildman–Crippen MR) is 60.6 cm³/mol. The molecule has 1 fully saturated rings. The van der Waals surface area contributed by atoms with Gasteiger partial charge in [0.1, 0.15) is 6.10 Å². The van der Waals surface area contributed by atoms with Gasteiger partial charge >= 0.3 is 0 Å². The summed E-state index contributed by atoms with van der Waals surface area (Å²) in [4.78, 5) is 11.7. The van der Waals surface area contributed by atoms with E-state index in [9.17, 15) is 4.79 Å². The number of rotatable bonds is 4. The van der Waals surface area contributed by atoms with E-state index >= 15 is 0 Å². The second-order valence-electron chi connectivity index (χ2n) is 4.90. The highest BCUT2D eigenvalue weighted by atomic mass is 16.5. The van der Waals surface area contributed by atoms with Gasteiger partial charge in [0, 0.05) is 12.6 Å². The molecule has 1 saturated heterocycles. The number of carbonyl (C=O) groups excluding carboxylic acids is 1. The smallest absolute Gasteiger partial charge is 0.249 e. The Bertz CT molecular complexity index is 210. The molecule has 0 radical (unpaired) electrons. The molecular weight excluding hydrogens is 190 g/mol. The molecule has 0 aromatic heterocycles. The molecule has 1 rings (SSSR count). The van der Waals surface area contributed by atoms with E-state index in [2.05, 4.69) is 33.0 Å². The molecule has 1 aliphatic heterocycles. The molecule has 3 unspecified atom stereocenters. The van der Waals surface area contributed by atoms with Gasteiger partial charge in [-0.3, -0.25) is 4.79 Å². The van der Waals surface area contributed by atoms with Gasteiger partial charge in [0.15, 0.2) is 0 Å². The highest BCUT2D eigenvalue weighted by Gasteiger charge is 2.26. The molecule has 0 spiro atoms. The summed E-state index contributed by atoms with van der Waals surface area (Å²) >= 11 is 0. The van der Waals surface area contributed by atoms with Crippen molar-refractivity contribution in [3.63, 3.8) is 0 Å². The van der Waals surface area contributed by atoms with Crippen LogP contribution in [0.25, 0.3) is 0 Å². The van der Waals surface area contributed by atoms with E-state index in [1.165, 1.54) is 0 Å². The van der Waals surface area contributed by atoms with E-state index < -0.39 is 0 Å². The lowest BCUT2D eigenvalue weighted by Gasteiger charge is -2.25. The van der Waals surface area contributed by atoms with Crippen LogP contribution in [0.5, 0.6) is 0 Å². The lowest BCUT2D eigenvalue weighted by atomic mass is 9.91. The molecule has 3 atom stereocenters. The zero-order valence-electron chi connectivity index (χ0n) is 10.2. The first-order chi connectivity index (χ1) is 7.02. The van der Waals surface area contributed by atoms with E-state index in [-0.39, 0.29) is 18.1 Å². The fraction of sp³-hybridized carbons (Fsp3) is 0.917. The molecule has 15 heavy (non-hydrogen) atoms. The second-order valence-corrected chi connectivity index (χ2v) is 4.90. The summed E-state index contributed by atoms with van der Waals surface area (Å²) in [5, 5.41) is 3.04. The summed E-state index contributed by atoms with van der Waals surface area (Å²) in [6.07, 6.45) is 1.67. The third kappa shape index (κ3) is 3.49. The second kappa shape index (κ2) is 5.50. The van der Waals surface area contributed by atoms with Crippen molar-refractivity contribution in [2.45, 2.75) is 52.7 Å². The third-order valence-corrected chi connectivity index (χ3v) is 3.43. The van der Waals surface area contributed by atoms with E-state index in [0.717, 1.165) is 19.4 Å². The Morgan fingerprint density at radius 1 is 1.33 bits per heavy atom. The fourth-order valence-corrected chi connectivity index (χ4v) is 1.81. The van der Waals surface area contributed by atoms with Crippen molar-refractivity contribution in [3.8, 4) is 0 Å². The van der Waals surface area contributed by atoms with Crippen molar-refractivity contribution >= 4 is 5.91 Å². The van der Waals surface area contributed by atoms with Crippen LogP contribution >= 0.6 is 0 Å². The first-order valence-corrected chi connectivity index (χ1v) is 5.94. The van der Waals surface area contributed by atoms with Crippen LogP contribution in [0.1, 0.15) is 40.5 Å². The Hall–Kier alpha value is -0.570. The van der Waals surface area contributed by atoms with E-state index in [1.807, 2.05) is 0 Å².